The van der Waals surface area contributed by atoms with Crippen molar-refractivity contribution in [3.05, 3.63) is 95.0 Å². The second-order valence-corrected chi connectivity index (χ2v) is 8.96. The van der Waals surface area contributed by atoms with E-state index in [0.717, 1.165) is 33.3 Å². The number of hydrogen-bond donors (Lipinski definition) is 2. The van der Waals surface area contributed by atoms with E-state index < -0.39 is 0 Å². The molecule has 1 amide bonds. The Bertz CT molecular complexity index is 1350. The molecule has 0 radical (unpaired) electrons. The average Bonchev–Trinajstić information content (AvgIpc) is 3.36. The Morgan fingerprint density at radius 3 is 2.56 bits per heavy atom. The first-order valence-corrected chi connectivity index (χ1v) is 11.4. The minimum atomic E-state index is -0.281. The third-order valence-corrected chi connectivity index (χ3v) is 6.72. The third kappa shape index (κ3) is 4.20. The molecular formula is C25H19ClN4OS. The fraction of sp³-hybridized carbons (Fsp3) is 0.0800. The Morgan fingerprint density at radius 1 is 0.969 bits per heavy atom. The molecule has 1 unspecified atom stereocenters. The molecule has 0 aliphatic carbocycles. The number of nitrogens with zero attached hydrogens (tertiary/aromatic N) is 2. The highest BCUT2D eigenvalue weighted by Gasteiger charge is 2.30. The molecule has 1 fully saturated rings. The maximum atomic E-state index is 12.4. The number of aromatic amines is 1. The third-order valence-electron chi connectivity index (χ3n) is 5.28. The van der Waals surface area contributed by atoms with Crippen molar-refractivity contribution >= 4 is 51.6 Å². The van der Waals surface area contributed by atoms with Gasteiger partial charge in [0.1, 0.15) is 0 Å². The van der Waals surface area contributed by atoms with Gasteiger partial charge in [0.15, 0.2) is 5.17 Å². The van der Waals surface area contributed by atoms with Crippen LogP contribution in [0.2, 0.25) is 5.02 Å². The summed E-state index contributed by atoms with van der Waals surface area (Å²) in [6, 6.07) is 25.8. The van der Waals surface area contributed by atoms with Crippen LogP contribution in [-0.4, -0.2) is 27.5 Å². The van der Waals surface area contributed by atoms with E-state index >= 15 is 0 Å². The van der Waals surface area contributed by atoms with E-state index in [-0.39, 0.29) is 11.2 Å². The zero-order chi connectivity index (χ0) is 21.9. The lowest BCUT2D eigenvalue weighted by Crippen LogP contribution is -2.26. The summed E-state index contributed by atoms with van der Waals surface area (Å²) in [7, 11) is 0. The molecule has 1 saturated heterocycles. The highest BCUT2D eigenvalue weighted by atomic mass is 35.5. The molecule has 2 heterocycles. The molecule has 158 valence electrons. The summed E-state index contributed by atoms with van der Waals surface area (Å²) >= 11 is 7.62. The second-order valence-electron chi connectivity index (χ2n) is 7.37. The molecule has 1 aliphatic heterocycles. The van der Waals surface area contributed by atoms with Gasteiger partial charge in [-0.15, -0.1) is 5.10 Å². The molecule has 1 aliphatic rings. The van der Waals surface area contributed by atoms with Crippen LogP contribution in [0.25, 0.3) is 22.2 Å². The van der Waals surface area contributed by atoms with Crippen molar-refractivity contribution in [3.63, 3.8) is 0 Å². The van der Waals surface area contributed by atoms with Gasteiger partial charge in [0.05, 0.1) is 17.2 Å². The van der Waals surface area contributed by atoms with E-state index in [1.807, 2.05) is 60.7 Å². The molecule has 0 saturated carbocycles. The first-order valence-electron chi connectivity index (χ1n) is 10.2. The second kappa shape index (κ2) is 9.02. The number of rotatable bonds is 5. The van der Waals surface area contributed by atoms with E-state index in [1.54, 1.807) is 6.21 Å². The predicted molar refractivity (Wildman–Crippen MR) is 133 cm³/mol. The van der Waals surface area contributed by atoms with Crippen LogP contribution in [0.1, 0.15) is 11.1 Å². The van der Waals surface area contributed by atoms with Crippen molar-refractivity contribution in [2.45, 2.75) is 11.7 Å². The van der Waals surface area contributed by atoms with Crippen molar-refractivity contribution in [1.29, 1.82) is 0 Å². The number of amidine groups is 1. The maximum absolute atomic E-state index is 12.4. The van der Waals surface area contributed by atoms with E-state index in [0.29, 0.717) is 16.6 Å². The summed E-state index contributed by atoms with van der Waals surface area (Å²) in [4.78, 5) is 15.9. The maximum Gasteiger partial charge on any atom is 0.239 e. The fourth-order valence-corrected chi connectivity index (χ4v) is 4.88. The number of thioether (sulfide) groups is 1. The number of benzene rings is 3. The van der Waals surface area contributed by atoms with Gasteiger partial charge in [-0.2, -0.15) is 5.10 Å². The molecular weight excluding hydrogens is 440 g/mol. The van der Waals surface area contributed by atoms with Gasteiger partial charge in [-0.1, -0.05) is 90.1 Å². The van der Waals surface area contributed by atoms with E-state index in [9.17, 15) is 4.79 Å². The summed E-state index contributed by atoms with van der Waals surface area (Å²) < 4.78 is 0. The van der Waals surface area contributed by atoms with E-state index in [1.165, 1.54) is 11.8 Å². The van der Waals surface area contributed by atoms with Gasteiger partial charge in [-0.05, 0) is 29.7 Å². The Labute approximate surface area is 194 Å². The molecule has 3 aromatic carbocycles. The molecule has 2 N–H and O–H groups in total. The van der Waals surface area contributed by atoms with Gasteiger partial charge >= 0.3 is 0 Å². The highest BCUT2D eigenvalue weighted by molar-refractivity contribution is 8.15. The van der Waals surface area contributed by atoms with Crippen LogP contribution in [0.15, 0.2) is 89.1 Å². The number of carbonyl (C=O) groups is 1. The van der Waals surface area contributed by atoms with Crippen molar-refractivity contribution in [3.8, 4) is 11.3 Å². The van der Waals surface area contributed by atoms with Crippen LogP contribution < -0.4 is 5.32 Å². The SMILES string of the molecule is O=C1N/C(=N\N=C\c2c(-c3ccccc3)[nH]c3ccccc23)SC1Cc1ccccc1Cl. The summed E-state index contributed by atoms with van der Waals surface area (Å²) in [6.45, 7) is 0. The number of carbonyl (C=O) groups excluding carboxylic acids is 1. The smallest absolute Gasteiger partial charge is 0.239 e. The van der Waals surface area contributed by atoms with Crippen LogP contribution in [0.4, 0.5) is 0 Å². The lowest BCUT2D eigenvalue weighted by molar-refractivity contribution is -0.118. The lowest BCUT2D eigenvalue weighted by atomic mass is 10.1. The van der Waals surface area contributed by atoms with Crippen LogP contribution in [0, 0.1) is 0 Å². The van der Waals surface area contributed by atoms with Gasteiger partial charge in [-0.3, -0.25) is 4.79 Å². The number of H-pyrrole nitrogens is 1. The van der Waals surface area contributed by atoms with Crippen LogP contribution in [-0.2, 0) is 11.2 Å². The van der Waals surface area contributed by atoms with Gasteiger partial charge in [0.2, 0.25) is 5.91 Å². The van der Waals surface area contributed by atoms with E-state index in [2.05, 4.69) is 38.7 Å². The highest BCUT2D eigenvalue weighted by Crippen LogP contribution is 2.29. The number of aromatic nitrogens is 1. The van der Waals surface area contributed by atoms with Gasteiger partial charge in [0.25, 0.3) is 0 Å². The molecule has 5 rings (SSSR count). The predicted octanol–water partition coefficient (Wildman–Crippen LogP) is 5.65. The van der Waals surface area contributed by atoms with Gasteiger partial charge in [-0.25, -0.2) is 0 Å². The minimum Gasteiger partial charge on any atom is -0.354 e. The molecule has 1 atom stereocenters. The quantitative estimate of drug-likeness (QED) is 0.299. The number of nitrogens with one attached hydrogen (secondary N) is 2. The Morgan fingerprint density at radius 2 is 1.72 bits per heavy atom. The summed E-state index contributed by atoms with van der Waals surface area (Å²) in [5.41, 5.74) is 4.98. The zero-order valence-corrected chi connectivity index (χ0v) is 18.5. The summed E-state index contributed by atoms with van der Waals surface area (Å²) in [5, 5.41) is 13.3. The van der Waals surface area contributed by atoms with Crippen molar-refractivity contribution in [2.24, 2.45) is 10.2 Å². The largest absolute Gasteiger partial charge is 0.354 e. The number of amides is 1. The molecule has 1 aromatic heterocycles. The topological polar surface area (TPSA) is 69.6 Å². The Kier molecular flexibility index (Phi) is 5.79. The van der Waals surface area contributed by atoms with Crippen molar-refractivity contribution in [1.82, 2.24) is 10.3 Å². The number of halogens is 1. The molecule has 32 heavy (non-hydrogen) atoms. The fourth-order valence-electron chi connectivity index (χ4n) is 3.72. The molecule has 5 nitrogen and oxygen atoms in total. The molecule has 4 aromatic rings. The first-order chi connectivity index (χ1) is 15.7. The van der Waals surface area contributed by atoms with Crippen molar-refractivity contribution in [2.75, 3.05) is 0 Å². The number of para-hydroxylation sites is 1. The van der Waals surface area contributed by atoms with Gasteiger partial charge in [0, 0.05) is 21.5 Å². The van der Waals surface area contributed by atoms with Crippen LogP contribution in [0.5, 0.6) is 0 Å². The molecule has 0 spiro atoms. The monoisotopic (exact) mass is 458 g/mol. The average molecular weight is 459 g/mol. The minimum absolute atomic E-state index is 0.0825. The lowest BCUT2D eigenvalue weighted by Gasteiger charge is -2.06. The van der Waals surface area contributed by atoms with Gasteiger partial charge < -0.3 is 10.3 Å². The zero-order valence-electron chi connectivity index (χ0n) is 17.0. The van der Waals surface area contributed by atoms with Crippen LogP contribution in [0.3, 0.4) is 0 Å². The molecule has 7 heteroatoms. The normalized spacial score (nSPS) is 17.5. The van der Waals surface area contributed by atoms with Crippen molar-refractivity contribution < 1.29 is 4.79 Å². The van der Waals surface area contributed by atoms with E-state index in [4.69, 9.17) is 11.6 Å². The Balaban J connectivity index is 1.39. The standard InChI is InChI=1S/C25H19ClN4OS/c26-20-12-6-4-10-17(20)14-22-24(31)29-25(32-22)30-27-15-19-18-11-5-7-13-21(18)28-23(19)16-8-2-1-3-9-16/h1-13,15,22,28H,14H2,(H,29,30,31)/b27-15+. The molecule has 0 bridgehead atoms. The van der Waals surface area contributed by atoms with Crippen LogP contribution >= 0.6 is 23.4 Å². The first kappa shape index (κ1) is 20.5. The number of fused-ring (bicyclic) bond motifs is 1. The number of hydrogen-bond acceptors (Lipinski definition) is 4. The Hall–Kier alpha value is -3.35. The summed E-state index contributed by atoms with van der Waals surface area (Å²) in [6.07, 6.45) is 2.28. The summed E-state index contributed by atoms with van der Waals surface area (Å²) in [5.74, 6) is -0.0825.